The van der Waals surface area contributed by atoms with Crippen LogP contribution in [0.5, 0.6) is 0 Å². The zero-order chi connectivity index (χ0) is 11.4. The molecular weight excluding hydrogens is 204 g/mol. The van der Waals surface area contributed by atoms with Crippen LogP contribution in [0.15, 0.2) is 30.3 Å². The number of nitrogens with zero attached hydrogens (tertiary/aromatic N) is 3. The average molecular weight is 216 g/mol. The summed E-state index contributed by atoms with van der Waals surface area (Å²) in [6, 6.07) is 9.54. The van der Waals surface area contributed by atoms with Crippen molar-refractivity contribution in [1.29, 1.82) is 0 Å². The van der Waals surface area contributed by atoms with Gasteiger partial charge in [-0.15, -0.1) is 10.2 Å². The Hall–Kier alpha value is -2.01. The Bertz CT molecular complexity index is 473. The number of nitrogen functional groups attached to an aromatic ring is 1. The molecule has 1 aromatic heterocycles. The molecule has 2 aromatic rings. The van der Waals surface area contributed by atoms with E-state index in [2.05, 4.69) is 15.2 Å². The Labute approximate surface area is 93.0 Å². The van der Waals surface area contributed by atoms with Gasteiger partial charge in [0.2, 0.25) is 0 Å². The lowest BCUT2D eigenvalue weighted by Gasteiger charge is -2.04. The number of benzene rings is 1. The fourth-order valence-corrected chi connectivity index (χ4v) is 1.38. The number of aliphatic hydroxyl groups excluding tert-OH is 1. The van der Waals surface area contributed by atoms with E-state index in [1.807, 2.05) is 30.3 Å². The summed E-state index contributed by atoms with van der Waals surface area (Å²) in [4.78, 5) is 4.27. The largest absolute Gasteiger partial charge is 0.396 e. The van der Waals surface area contributed by atoms with Gasteiger partial charge in [-0.3, -0.25) is 0 Å². The van der Waals surface area contributed by atoms with Crippen LogP contribution in [-0.4, -0.2) is 26.9 Å². The van der Waals surface area contributed by atoms with Crippen molar-refractivity contribution in [2.24, 2.45) is 0 Å². The molecule has 0 saturated heterocycles. The monoisotopic (exact) mass is 216 g/mol. The maximum absolute atomic E-state index is 8.81. The first-order valence-corrected chi connectivity index (χ1v) is 4.96. The topological polar surface area (TPSA) is 84.9 Å². The zero-order valence-electron chi connectivity index (χ0n) is 8.67. The molecule has 0 aliphatic carbocycles. The number of rotatable bonds is 3. The molecule has 0 aliphatic rings. The summed E-state index contributed by atoms with van der Waals surface area (Å²) >= 11 is 0. The Balaban J connectivity index is 2.43. The van der Waals surface area contributed by atoms with E-state index in [9.17, 15) is 0 Å². The fraction of sp³-hybridized carbons (Fsp3) is 0.182. The number of aromatic nitrogens is 3. The van der Waals surface area contributed by atoms with Gasteiger partial charge in [0.05, 0.1) is 6.61 Å². The third-order valence-electron chi connectivity index (χ3n) is 2.14. The number of nitrogens with two attached hydrogens (primary N) is 1. The molecule has 0 fully saturated rings. The van der Waals surface area contributed by atoms with Gasteiger partial charge in [0, 0.05) is 12.0 Å². The second-order valence-electron chi connectivity index (χ2n) is 3.30. The van der Waals surface area contributed by atoms with E-state index >= 15 is 0 Å². The SMILES string of the molecule is Nc1nnc(CCO)nc1-c1ccccc1. The lowest BCUT2D eigenvalue weighted by atomic mass is 10.1. The molecular formula is C11H12N4O. The quantitative estimate of drug-likeness (QED) is 0.787. The third-order valence-corrected chi connectivity index (χ3v) is 2.14. The van der Waals surface area contributed by atoms with Crippen LogP contribution in [0, 0.1) is 0 Å². The molecule has 2 rings (SSSR count). The summed E-state index contributed by atoms with van der Waals surface area (Å²) in [6.45, 7) is -0.000171. The Morgan fingerprint density at radius 1 is 1.12 bits per heavy atom. The smallest absolute Gasteiger partial charge is 0.172 e. The molecule has 82 valence electrons. The van der Waals surface area contributed by atoms with Gasteiger partial charge in [-0.25, -0.2) is 4.98 Å². The fourth-order valence-electron chi connectivity index (χ4n) is 1.38. The third kappa shape index (κ3) is 2.14. The van der Waals surface area contributed by atoms with E-state index in [4.69, 9.17) is 10.8 Å². The molecule has 3 N–H and O–H groups in total. The first kappa shape index (κ1) is 10.5. The first-order valence-electron chi connectivity index (χ1n) is 4.96. The molecule has 0 spiro atoms. The number of hydrogen-bond acceptors (Lipinski definition) is 5. The molecule has 0 bridgehead atoms. The normalized spacial score (nSPS) is 10.3. The van der Waals surface area contributed by atoms with E-state index in [1.165, 1.54) is 0 Å². The van der Waals surface area contributed by atoms with Crippen LogP contribution in [0.2, 0.25) is 0 Å². The van der Waals surface area contributed by atoms with Gasteiger partial charge in [0.1, 0.15) is 5.69 Å². The highest BCUT2D eigenvalue weighted by Gasteiger charge is 2.07. The highest BCUT2D eigenvalue weighted by atomic mass is 16.3. The number of hydrogen-bond donors (Lipinski definition) is 2. The van der Waals surface area contributed by atoms with E-state index in [0.717, 1.165) is 5.56 Å². The standard InChI is InChI=1S/C11H12N4O/c12-11-10(8-4-2-1-3-5-8)13-9(6-7-16)14-15-11/h1-5,16H,6-7H2,(H2,12,15). The Kier molecular flexibility index (Phi) is 3.07. The lowest BCUT2D eigenvalue weighted by molar-refractivity contribution is 0.296. The molecule has 0 atom stereocenters. The van der Waals surface area contributed by atoms with Crippen molar-refractivity contribution >= 4 is 5.82 Å². The van der Waals surface area contributed by atoms with E-state index in [1.54, 1.807) is 0 Å². The zero-order valence-corrected chi connectivity index (χ0v) is 8.67. The first-order chi connectivity index (χ1) is 7.81. The van der Waals surface area contributed by atoms with Gasteiger partial charge in [0.25, 0.3) is 0 Å². The maximum atomic E-state index is 8.81. The summed E-state index contributed by atoms with van der Waals surface area (Å²) in [6.07, 6.45) is 0.382. The van der Waals surface area contributed by atoms with Crippen molar-refractivity contribution in [2.75, 3.05) is 12.3 Å². The predicted molar refractivity (Wildman–Crippen MR) is 60.5 cm³/mol. The van der Waals surface area contributed by atoms with Crippen molar-refractivity contribution < 1.29 is 5.11 Å². The molecule has 0 amide bonds. The van der Waals surface area contributed by atoms with Gasteiger partial charge in [0.15, 0.2) is 11.6 Å². The molecule has 0 radical (unpaired) electrons. The molecule has 16 heavy (non-hydrogen) atoms. The summed E-state index contributed by atoms with van der Waals surface area (Å²) in [5, 5.41) is 16.4. The van der Waals surface area contributed by atoms with Gasteiger partial charge in [-0.1, -0.05) is 30.3 Å². The minimum absolute atomic E-state index is 0.000171. The van der Waals surface area contributed by atoms with Crippen LogP contribution in [-0.2, 0) is 6.42 Å². The summed E-state index contributed by atoms with van der Waals surface area (Å²) in [5.74, 6) is 0.795. The van der Waals surface area contributed by atoms with Crippen LogP contribution in [0.1, 0.15) is 5.82 Å². The van der Waals surface area contributed by atoms with Crippen LogP contribution >= 0.6 is 0 Å². The molecule has 0 unspecified atom stereocenters. The average Bonchev–Trinajstić information content (AvgIpc) is 2.33. The number of aliphatic hydroxyl groups is 1. The van der Waals surface area contributed by atoms with Crippen molar-refractivity contribution in [3.63, 3.8) is 0 Å². The minimum Gasteiger partial charge on any atom is -0.396 e. The van der Waals surface area contributed by atoms with Crippen LogP contribution < -0.4 is 5.73 Å². The highest BCUT2D eigenvalue weighted by Crippen LogP contribution is 2.20. The molecule has 0 aliphatic heterocycles. The van der Waals surface area contributed by atoms with Crippen molar-refractivity contribution in [3.8, 4) is 11.3 Å². The van der Waals surface area contributed by atoms with Gasteiger partial charge in [-0.2, -0.15) is 0 Å². The van der Waals surface area contributed by atoms with E-state index < -0.39 is 0 Å². The van der Waals surface area contributed by atoms with E-state index in [-0.39, 0.29) is 6.61 Å². The Morgan fingerprint density at radius 2 is 1.88 bits per heavy atom. The highest BCUT2D eigenvalue weighted by molar-refractivity contribution is 5.68. The van der Waals surface area contributed by atoms with Gasteiger partial charge < -0.3 is 10.8 Å². The second-order valence-corrected chi connectivity index (χ2v) is 3.30. The van der Waals surface area contributed by atoms with Gasteiger partial charge in [-0.05, 0) is 0 Å². The van der Waals surface area contributed by atoms with E-state index in [0.29, 0.717) is 23.8 Å². The Morgan fingerprint density at radius 3 is 2.56 bits per heavy atom. The van der Waals surface area contributed by atoms with Crippen LogP contribution in [0.25, 0.3) is 11.3 Å². The predicted octanol–water partition coefficient (Wildman–Crippen LogP) is 0.656. The maximum Gasteiger partial charge on any atom is 0.172 e. The molecule has 1 aromatic carbocycles. The van der Waals surface area contributed by atoms with Crippen molar-refractivity contribution in [3.05, 3.63) is 36.2 Å². The van der Waals surface area contributed by atoms with Crippen LogP contribution in [0.4, 0.5) is 5.82 Å². The van der Waals surface area contributed by atoms with Crippen molar-refractivity contribution in [2.45, 2.75) is 6.42 Å². The summed E-state index contributed by atoms with van der Waals surface area (Å²) in [7, 11) is 0. The van der Waals surface area contributed by atoms with Crippen LogP contribution in [0.3, 0.4) is 0 Å². The summed E-state index contributed by atoms with van der Waals surface area (Å²) in [5.41, 5.74) is 7.23. The lowest BCUT2D eigenvalue weighted by Crippen LogP contribution is -2.06. The molecule has 1 heterocycles. The molecule has 0 saturated carbocycles. The molecule has 5 heteroatoms. The second kappa shape index (κ2) is 4.67. The molecule has 5 nitrogen and oxygen atoms in total. The van der Waals surface area contributed by atoms with Gasteiger partial charge >= 0.3 is 0 Å². The number of anilines is 1. The van der Waals surface area contributed by atoms with Crippen molar-refractivity contribution in [1.82, 2.24) is 15.2 Å². The minimum atomic E-state index is -0.000171. The summed E-state index contributed by atoms with van der Waals surface area (Å²) < 4.78 is 0.